The number of aromatic nitrogens is 2. The number of ether oxygens (including phenoxy) is 1. The molecule has 34 heavy (non-hydrogen) atoms. The molecule has 1 atom stereocenters. The van der Waals surface area contributed by atoms with E-state index in [4.69, 9.17) is 4.74 Å². The molecule has 174 valence electrons. The van der Waals surface area contributed by atoms with Crippen LogP contribution in [-0.4, -0.2) is 57.6 Å². The van der Waals surface area contributed by atoms with Crippen molar-refractivity contribution < 1.29 is 19.1 Å². The quantitative estimate of drug-likeness (QED) is 0.570. The van der Waals surface area contributed by atoms with Crippen molar-refractivity contribution in [1.29, 1.82) is 0 Å². The van der Waals surface area contributed by atoms with Gasteiger partial charge in [0, 0.05) is 37.3 Å². The van der Waals surface area contributed by atoms with E-state index in [1.165, 1.54) is 4.90 Å². The van der Waals surface area contributed by atoms with E-state index in [2.05, 4.69) is 10.4 Å². The van der Waals surface area contributed by atoms with E-state index >= 15 is 0 Å². The van der Waals surface area contributed by atoms with E-state index in [0.29, 0.717) is 37.4 Å². The number of hydrogen-bond acceptors (Lipinski definition) is 5. The number of rotatable bonds is 6. The van der Waals surface area contributed by atoms with E-state index < -0.39 is 17.5 Å². The lowest BCUT2D eigenvalue weighted by atomic mass is 9.84. The highest BCUT2D eigenvalue weighted by atomic mass is 16.5. The van der Waals surface area contributed by atoms with Crippen molar-refractivity contribution >= 4 is 17.8 Å². The summed E-state index contributed by atoms with van der Waals surface area (Å²) in [5, 5.41) is 7.19. The maximum absolute atomic E-state index is 13.4. The van der Waals surface area contributed by atoms with Gasteiger partial charge in [-0.3, -0.25) is 19.2 Å². The number of likely N-dealkylation sites (N-methyl/N-ethyl adjacent to an activating group) is 1. The Hall–Kier alpha value is -4.14. The van der Waals surface area contributed by atoms with Crippen LogP contribution in [0.2, 0.25) is 0 Å². The fraction of sp³-hybridized carbons (Fsp3) is 0.280. The van der Waals surface area contributed by atoms with Gasteiger partial charge in [0.15, 0.2) is 5.54 Å². The van der Waals surface area contributed by atoms with E-state index in [1.54, 1.807) is 31.4 Å². The molecule has 9 nitrogen and oxygen atoms in total. The minimum Gasteiger partial charge on any atom is -0.493 e. The molecule has 0 aliphatic carbocycles. The number of urea groups is 1. The molecule has 1 saturated heterocycles. The van der Waals surface area contributed by atoms with Crippen LogP contribution in [0.1, 0.15) is 23.1 Å². The summed E-state index contributed by atoms with van der Waals surface area (Å²) in [6.45, 7) is 0.926. The molecule has 5 rings (SSSR count). The van der Waals surface area contributed by atoms with Gasteiger partial charge in [-0.1, -0.05) is 48.5 Å². The Morgan fingerprint density at radius 2 is 1.88 bits per heavy atom. The first-order chi connectivity index (χ1) is 16.5. The summed E-state index contributed by atoms with van der Waals surface area (Å²) in [4.78, 5) is 41.5. The third-order valence-corrected chi connectivity index (χ3v) is 6.27. The summed E-state index contributed by atoms with van der Waals surface area (Å²) in [5.74, 6) is -0.192. The smallest absolute Gasteiger partial charge is 0.325 e. The Kier molecular flexibility index (Phi) is 5.53. The zero-order valence-corrected chi connectivity index (χ0v) is 18.8. The summed E-state index contributed by atoms with van der Waals surface area (Å²) in [6, 6.07) is 16.6. The summed E-state index contributed by atoms with van der Waals surface area (Å²) in [7, 11) is 1.65. The van der Waals surface area contributed by atoms with Crippen LogP contribution < -0.4 is 10.1 Å². The van der Waals surface area contributed by atoms with E-state index in [9.17, 15) is 14.4 Å². The van der Waals surface area contributed by atoms with Crippen LogP contribution in [0.4, 0.5) is 4.79 Å². The summed E-state index contributed by atoms with van der Waals surface area (Å²) < 4.78 is 7.46. The molecule has 1 spiro atoms. The molecular formula is C25H25N5O4. The number of carbonyl (C=O) groups excluding carboxylic acids is 3. The monoisotopic (exact) mass is 459 g/mol. The van der Waals surface area contributed by atoms with Crippen molar-refractivity contribution in [2.24, 2.45) is 0 Å². The number of carbonyl (C=O) groups is 3. The van der Waals surface area contributed by atoms with Crippen LogP contribution in [0.25, 0.3) is 0 Å². The number of nitrogens with one attached hydrogen (secondary N) is 1. The van der Waals surface area contributed by atoms with E-state index in [0.717, 1.165) is 16.0 Å². The zero-order valence-electron chi connectivity index (χ0n) is 18.8. The zero-order chi connectivity index (χ0) is 23.7. The molecule has 3 aromatic rings. The minimum absolute atomic E-state index is 0.303. The van der Waals surface area contributed by atoms with Crippen LogP contribution in [-0.2, 0) is 28.2 Å². The second-order valence-corrected chi connectivity index (χ2v) is 8.60. The lowest BCUT2D eigenvalue weighted by molar-refractivity contribution is -0.139. The molecule has 2 aliphatic rings. The highest BCUT2D eigenvalue weighted by Crippen LogP contribution is 2.40. The molecule has 1 fully saturated rings. The normalized spacial score (nSPS) is 19.0. The van der Waals surface area contributed by atoms with Gasteiger partial charge in [-0.05, 0) is 11.6 Å². The first-order valence-electron chi connectivity index (χ1n) is 11.1. The van der Waals surface area contributed by atoms with Gasteiger partial charge < -0.3 is 15.0 Å². The highest BCUT2D eigenvalue weighted by molar-refractivity contribution is 6.09. The molecule has 3 heterocycles. The van der Waals surface area contributed by atoms with Crippen molar-refractivity contribution in [1.82, 2.24) is 24.9 Å². The Labute approximate surface area is 196 Å². The van der Waals surface area contributed by atoms with Crippen molar-refractivity contribution in [3.63, 3.8) is 0 Å². The predicted molar refractivity (Wildman–Crippen MR) is 123 cm³/mol. The van der Waals surface area contributed by atoms with Gasteiger partial charge in [-0.15, -0.1) is 0 Å². The average molecular weight is 460 g/mol. The third-order valence-electron chi connectivity index (χ3n) is 6.27. The molecule has 4 amide bonds. The average Bonchev–Trinajstić information content (AvgIpc) is 3.37. The standard InChI is InChI=1S/C25H25N5O4/c1-28(14-19-13-26-29(16-19)15-18-7-3-2-4-8-18)22(31)17-30-23(32)25(27-24(30)33)11-12-34-21-10-6-5-9-20(21)25/h2-10,13,16H,11-12,14-15,17H2,1H3,(H,27,33)/t25-/m0/s1. The highest BCUT2D eigenvalue weighted by Gasteiger charge is 2.55. The minimum atomic E-state index is -1.19. The van der Waals surface area contributed by atoms with Gasteiger partial charge in [0.25, 0.3) is 5.91 Å². The molecule has 2 aliphatic heterocycles. The first-order valence-corrected chi connectivity index (χ1v) is 11.1. The SMILES string of the molecule is CN(Cc1cnn(Cc2ccccc2)c1)C(=O)CN1C(=O)N[C@]2(CCOc3ccccc32)C1=O. The second kappa shape index (κ2) is 8.66. The largest absolute Gasteiger partial charge is 0.493 e. The lowest BCUT2D eigenvalue weighted by Gasteiger charge is -2.33. The Morgan fingerprint density at radius 1 is 1.12 bits per heavy atom. The Morgan fingerprint density at radius 3 is 2.71 bits per heavy atom. The van der Waals surface area contributed by atoms with Gasteiger partial charge in [0.05, 0.1) is 19.3 Å². The third kappa shape index (κ3) is 3.89. The number of hydrogen-bond donors (Lipinski definition) is 1. The van der Waals surface area contributed by atoms with Crippen molar-refractivity contribution in [3.8, 4) is 5.75 Å². The number of fused-ring (bicyclic) bond motifs is 2. The number of imide groups is 1. The number of para-hydroxylation sites is 1. The molecule has 1 aromatic heterocycles. The summed E-state index contributed by atoms with van der Waals surface area (Å²) >= 11 is 0. The molecule has 0 radical (unpaired) electrons. The van der Waals surface area contributed by atoms with Crippen LogP contribution in [0.15, 0.2) is 67.0 Å². The van der Waals surface area contributed by atoms with Crippen molar-refractivity contribution in [2.45, 2.75) is 25.0 Å². The van der Waals surface area contributed by atoms with Gasteiger partial charge >= 0.3 is 6.03 Å². The summed E-state index contributed by atoms with van der Waals surface area (Å²) in [5.41, 5.74) is 1.42. The van der Waals surface area contributed by atoms with Crippen molar-refractivity contribution in [2.75, 3.05) is 20.2 Å². The molecule has 0 saturated carbocycles. The Bertz CT molecular complexity index is 1240. The molecule has 9 heteroatoms. The van der Waals surface area contributed by atoms with Crippen LogP contribution in [0.3, 0.4) is 0 Å². The maximum atomic E-state index is 13.4. The maximum Gasteiger partial charge on any atom is 0.325 e. The van der Waals surface area contributed by atoms with E-state index in [-0.39, 0.29) is 12.5 Å². The van der Waals surface area contributed by atoms with Gasteiger partial charge in [-0.25, -0.2) is 4.79 Å². The Balaban J connectivity index is 1.24. The molecule has 0 bridgehead atoms. The molecule has 0 unspecified atom stereocenters. The van der Waals surface area contributed by atoms with Crippen LogP contribution in [0.5, 0.6) is 5.75 Å². The van der Waals surface area contributed by atoms with E-state index in [1.807, 2.05) is 47.3 Å². The number of nitrogens with zero attached hydrogens (tertiary/aromatic N) is 4. The lowest BCUT2D eigenvalue weighted by Crippen LogP contribution is -2.48. The first kappa shape index (κ1) is 21.7. The topological polar surface area (TPSA) is 96.8 Å². The van der Waals surface area contributed by atoms with Gasteiger partial charge in [0.1, 0.15) is 12.3 Å². The van der Waals surface area contributed by atoms with Crippen LogP contribution >= 0.6 is 0 Å². The molecule has 2 aromatic carbocycles. The van der Waals surface area contributed by atoms with Crippen LogP contribution in [0, 0.1) is 0 Å². The number of amides is 4. The second-order valence-electron chi connectivity index (χ2n) is 8.60. The fourth-order valence-electron chi connectivity index (χ4n) is 4.48. The summed E-state index contributed by atoms with van der Waals surface area (Å²) in [6.07, 6.45) is 3.92. The predicted octanol–water partition coefficient (Wildman–Crippen LogP) is 2.12. The molecule has 1 N–H and O–H groups in total. The number of benzene rings is 2. The molecular weight excluding hydrogens is 434 g/mol. The van der Waals surface area contributed by atoms with Gasteiger partial charge in [-0.2, -0.15) is 5.10 Å². The van der Waals surface area contributed by atoms with Crippen molar-refractivity contribution in [3.05, 3.63) is 83.7 Å². The van der Waals surface area contributed by atoms with Gasteiger partial charge in [0.2, 0.25) is 5.91 Å². The fourth-order valence-corrected chi connectivity index (χ4v) is 4.48.